The third-order valence-electron chi connectivity index (χ3n) is 3.02. The maximum Gasteiger partial charge on any atom is 0.179 e. The molecule has 0 aliphatic carbocycles. The molecule has 1 aliphatic rings. The first-order valence-corrected chi connectivity index (χ1v) is 5.47. The Kier molecular flexibility index (Phi) is 2.91. The van der Waals surface area contributed by atoms with Crippen LogP contribution in [0.4, 0.5) is 0 Å². The normalized spacial score (nSPS) is 16.2. The Balaban J connectivity index is 2.32. The molecule has 2 rings (SSSR count). The van der Waals surface area contributed by atoms with Crippen molar-refractivity contribution in [2.45, 2.75) is 20.3 Å². The molecule has 0 spiro atoms. The van der Waals surface area contributed by atoms with E-state index in [0.29, 0.717) is 6.54 Å². The number of pyridine rings is 1. The molecule has 82 valence electrons. The summed E-state index contributed by atoms with van der Waals surface area (Å²) >= 11 is 0. The molecule has 3 nitrogen and oxygen atoms in total. The van der Waals surface area contributed by atoms with Gasteiger partial charge >= 0.3 is 0 Å². The van der Waals surface area contributed by atoms with Gasteiger partial charge in [-0.15, -0.1) is 0 Å². The van der Waals surface area contributed by atoms with E-state index in [9.17, 15) is 0 Å². The molecule has 2 heterocycles. The van der Waals surface area contributed by atoms with Gasteiger partial charge in [0.15, 0.2) is 6.19 Å². The van der Waals surface area contributed by atoms with E-state index in [2.05, 4.69) is 24.2 Å². The summed E-state index contributed by atoms with van der Waals surface area (Å²) < 4.78 is 0. The van der Waals surface area contributed by atoms with Crippen LogP contribution < -0.4 is 0 Å². The Labute approximate surface area is 96.0 Å². The standard InChI is InChI=1S/C13H15N3/c1-10-5-6-16(9-14)8-13(10)12-4-3-11(2)15-7-12/h3-4,7H,5-6,8H2,1-2H3. The molecule has 1 aromatic rings. The first-order valence-electron chi connectivity index (χ1n) is 5.47. The van der Waals surface area contributed by atoms with Crippen molar-refractivity contribution in [1.29, 1.82) is 5.26 Å². The topological polar surface area (TPSA) is 39.9 Å². The highest BCUT2D eigenvalue weighted by atomic mass is 15.1. The van der Waals surface area contributed by atoms with Crippen molar-refractivity contribution in [3.8, 4) is 6.19 Å². The van der Waals surface area contributed by atoms with E-state index in [0.717, 1.165) is 24.2 Å². The van der Waals surface area contributed by atoms with Crippen molar-refractivity contribution < 1.29 is 0 Å². The van der Waals surface area contributed by atoms with E-state index >= 15 is 0 Å². The van der Waals surface area contributed by atoms with Gasteiger partial charge in [-0.3, -0.25) is 4.98 Å². The van der Waals surface area contributed by atoms with Crippen LogP contribution in [-0.2, 0) is 0 Å². The van der Waals surface area contributed by atoms with Gasteiger partial charge in [0.2, 0.25) is 0 Å². The molecular formula is C13H15N3. The maximum atomic E-state index is 8.92. The summed E-state index contributed by atoms with van der Waals surface area (Å²) in [6.07, 6.45) is 5.08. The van der Waals surface area contributed by atoms with Crippen LogP contribution >= 0.6 is 0 Å². The Morgan fingerprint density at radius 1 is 1.38 bits per heavy atom. The van der Waals surface area contributed by atoms with Gasteiger partial charge in [0.05, 0.1) is 6.54 Å². The Bertz CT molecular complexity index is 451. The number of aromatic nitrogens is 1. The number of hydrogen-bond acceptors (Lipinski definition) is 3. The molecule has 1 aliphatic heterocycles. The zero-order valence-corrected chi connectivity index (χ0v) is 9.70. The van der Waals surface area contributed by atoms with Crippen molar-refractivity contribution in [1.82, 2.24) is 9.88 Å². The van der Waals surface area contributed by atoms with E-state index in [1.54, 1.807) is 4.90 Å². The summed E-state index contributed by atoms with van der Waals surface area (Å²) in [6, 6.07) is 4.10. The lowest BCUT2D eigenvalue weighted by Gasteiger charge is -2.25. The summed E-state index contributed by atoms with van der Waals surface area (Å²) in [5.74, 6) is 0. The van der Waals surface area contributed by atoms with Gasteiger partial charge in [-0.1, -0.05) is 11.6 Å². The van der Waals surface area contributed by atoms with Crippen LogP contribution in [0.3, 0.4) is 0 Å². The molecule has 0 unspecified atom stereocenters. The predicted octanol–water partition coefficient (Wildman–Crippen LogP) is 2.35. The second-order valence-electron chi connectivity index (χ2n) is 4.22. The third-order valence-corrected chi connectivity index (χ3v) is 3.02. The third kappa shape index (κ3) is 2.06. The van der Waals surface area contributed by atoms with Gasteiger partial charge in [-0.25, -0.2) is 0 Å². The van der Waals surface area contributed by atoms with Crippen LogP contribution in [0.15, 0.2) is 23.9 Å². The van der Waals surface area contributed by atoms with Crippen LogP contribution in [0.5, 0.6) is 0 Å². The molecule has 3 heteroatoms. The molecule has 0 saturated carbocycles. The Hall–Kier alpha value is -1.82. The van der Waals surface area contributed by atoms with E-state index in [1.165, 1.54) is 11.1 Å². The summed E-state index contributed by atoms with van der Waals surface area (Å²) in [4.78, 5) is 6.10. The fourth-order valence-electron chi connectivity index (χ4n) is 1.93. The number of nitrogens with zero attached hydrogens (tertiary/aromatic N) is 3. The van der Waals surface area contributed by atoms with E-state index in [4.69, 9.17) is 5.26 Å². The van der Waals surface area contributed by atoms with E-state index < -0.39 is 0 Å². The Morgan fingerprint density at radius 3 is 2.81 bits per heavy atom. The molecule has 0 saturated heterocycles. The summed E-state index contributed by atoms with van der Waals surface area (Å²) in [7, 11) is 0. The van der Waals surface area contributed by atoms with Crippen molar-refractivity contribution in [2.24, 2.45) is 0 Å². The lowest BCUT2D eigenvalue weighted by Crippen LogP contribution is -2.26. The van der Waals surface area contributed by atoms with Gasteiger partial charge in [0.1, 0.15) is 0 Å². The van der Waals surface area contributed by atoms with Crippen LogP contribution in [0.1, 0.15) is 24.6 Å². The second-order valence-corrected chi connectivity index (χ2v) is 4.22. The molecule has 1 aromatic heterocycles. The molecule has 0 atom stereocenters. The van der Waals surface area contributed by atoms with Crippen LogP contribution in [-0.4, -0.2) is 23.0 Å². The van der Waals surface area contributed by atoms with Gasteiger partial charge in [-0.2, -0.15) is 5.26 Å². The van der Waals surface area contributed by atoms with Gasteiger partial charge in [0, 0.05) is 18.4 Å². The predicted molar refractivity (Wildman–Crippen MR) is 63.4 cm³/mol. The summed E-state index contributed by atoms with van der Waals surface area (Å²) in [6.45, 7) is 5.68. The van der Waals surface area contributed by atoms with Crippen molar-refractivity contribution in [2.75, 3.05) is 13.1 Å². The minimum absolute atomic E-state index is 0.715. The average molecular weight is 213 g/mol. The highest BCUT2D eigenvalue weighted by molar-refractivity contribution is 5.70. The average Bonchev–Trinajstić information content (AvgIpc) is 2.31. The molecule has 0 fully saturated rings. The van der Waals surface area contributed by atoms with Gasteiger partial charge in [-0.05, 0) is 37.5 Å². The lowest BCUT2D eigenvalue weighted by molar-refractivity contribution is 0.426. The maximum absolute atomic E-state index is 8.92. The monoisotopic (exact) mass is 213 g/mol. The van der Waals surface area contributed by atoms with E-state index in [-0.39, 0.29) is 0 Å². The number of nitriles is 1. The molecule has 16 heavy (non-hydrogen) atoms. The minimum Gasteiger partial charge on any atom is -0.306 e. The molecular weight excluding hydrogens is 198 g/mol. The number of rotatable bonds is 1. The number of aryl methyl sites for hydroxylation is 1. The van der Waals surface area contributed by atoms with Gasteiger partial charge in [0.25, 0.3) is 0 Å². The largest absolute Gasteiger partial charge is 0.306 e. The lowest BCUT2D eigenvalue weighted by atomic mass is 9.96. The summed E-state index contributed by atoms with van der Waals surface area (Å²) in [5, 5.41) is 8.92. The van der Waals surface area contributed by atoms with Crippen LogP contribution in [0.25, 0.3) is 5.57 Å². The van der Waals surface area contributed by atoms with Crippen molar-refractivity contribution >= 4 is 5.57 Å². The van der Waals surface area contributed by atoms with Crippen LogP contribution in [0.2, 0.25) is 0 Å². The SMILES string of the molecule is CC1=C(c2ccc(C)nc2)CN(C#N)CC1. The summed E-state index contributed by atoms with van der Waals surface area (Å²) in [5.41, 5.74) is 4.79. The second kappa shape index (κ2) is 4.36. The fourth-order valence-corrected chi connectivity index (χ4v) is 1.93. The highest BCUT2D eigenvalue weighted by Gasteiger charge is 2.16. The van der Waals surface area contributed by atoms with Crippen molar-refractivity contribution in [3.05, 3.63) is 35.2 Å². The fraction of sp³-hybridized carbons (Fsp3) is 0.385. The minimum atomic E-state index is 0.715. The quantitative estimate of drug-likeness (QED) is 0.672. The van der Waals surface area contributed by atoms with Crippen LogP contribution in [0, 0.1) is 18.4 Å². The highest BCUT2D eigenvalue weighted by Crippen LogP contribution is 2.25. The first kappa shape index (κ1) is 10.7. The van der Waals surface area contributed by atoms with Gasteiger partial charge < -0.3 is 4.90 Å². The zero-order chi connectivity index (χ0) is 11.5. The molecule has 0 radical (unpaired) electrons. The first-order chi connectivity index (χ1) is 7.70. The smallest absolute Gasteiger partial charge is 0.179 e. The van der Waals surface area contributed by atoms with E-state index in [1.807, 2.05) is 19.2 Å². The Morgan fingerprint density at radius 2 is 2.19 bits per heavy atom. The molecule has 0 aromatic carbocycles. The molecule has 0 amide bonds. The zero-order valence-electron chi connectivity index (χ0n) is 9.70. The number of hydrogen-bond donors (Lipinski definition) is 0. The van der Waals surface area contributed by atoms with Crippen molar-refractivity contribution in [3.63, 3.8) is 0 Å². The molecule has 0 N–H and O–H groups in total. The molecule has 0 bridgehead atoms.